The molecule has 0 spiro atoms. The predicted octanol–water partition coefficient (Wildman–Crippen LogP) is 4.47. The van der Waals surface area contributed by atoms with Crippen molar-refractivity contribution in [2.24, 2.45) is 0 Å². The van der Waals surface area contributed by atoms with Crippen LogP contribution in [-0.2, 0) is 5.75 Å². The molecular weight excluding hydrogens is 287 g/mol. The van der Waals surface area contributed by atoms with E-state index in [1.54, 1.807) is 30.3 Å². The molecule has 0 heterocycles. The minimum Gasteiger partial charge on any atom is -0.478 e. The van der Waals surface area contributed by atoms with Gasteiger partial charge in [-0.1, -0.05) is 17.7 Å². The standard InChI is InChI=1S/C14H10ClFO2S/c15-13-7-11(16)4-1-10(13)8-19-12-5-2-9(3-6-12)14(17)18/h1-7H,8H2,(H,17,18). The van der Waals surface area contributed by atoms with Gasteiger partial charge in [0.05, 0.1) is 5.56 Å². The molecule has 2 aromatic rings. The third-order valence-corrected chi connectivity index (χ3v) is 3.92. The van der Waals surface area contributed by atoms with Crippen LogP contribution in [0.1, 0.15) is 15.9 Å². The number of aromatic carboxylic acids is 1. The van der Waals surface area contributed by atoms with Gasteiger partial charge in [-0.3, -0.25) is 0 Å². The summed E-state index contributed by atoms with van der Waals surface area (Å²) in [6.45, 7) is 0. The molecule has 0 aliphatic heterocycles. The lowest BCUT2D eigenvalue weighted by Gasteiger charge is -2.05. The van der Waals surface area contributed by atoms with Gasteiger partial charge in [0.15, 0.2) is 0 Å². The maximum atomic E-state index is 12.9. The summed E-state index contributed by atoms with van der Waals surface area (Å²) in [7, 11) is 0. The van der Waals surface area contributed by atoms with E-state index in [-0.39, 0.29) is 11.4 Å². The van der Waals surface area contributed by atoms with Crippen LogP contribution in [0.25, 0.3) is 0 Å². The van der Waals surface area contributed by atoms with Crippen LogP contribution in [0.3, 0.4) is 0 Å². The van der Waals surface area contributed by atoms with Crippen molar-refractivity contribution in [1.29, 1.82) is 0 Å². The first kappa shape index (κ1) is 13.9. The van der Waals surface area contributed by atoms with Crippen molar-refractivity contribution in [2.45, 2.75) is 10.6 Å². The highest BCUT2D eigenvalue weighted by Crippen LogP contribution is 2.27. The fraction of sp³-hybridized carbons (Fsp3) is 0.0714. The summed E-state index contributed by atoms with van der Waals surface area (Å²) in [4.78, 5) is 11.6. The second-order valence-electron chi connectivity index (χ2n) is 3.85. The normalized spacial score (nSPS) is 10.4. The maximum absolute atomic E-state index is 12.9. The first-order chi connectivity index (χ1) is 9.06. The van der Waals surface area contributed by atoms with Crippen molar-refractivity contribution in [3.8, 4) is 0 Å². The van der Waals surface area contributed by atoms with Gasteiger partial charge in [0, 0.05) is 15.7 Å². The Labute approximate surface area is 119 Å². The lowest BCUT2D eigenvalue weighted by molar-refractivity contribution is 0.0697. The Balaban J connectivity index is 2.04. The SMILES string of the molecule is O=C(O)c1ccc(SCc2ccc(F)cc2Cl)cc1. The van der Waals surface area contributed by atoms with Crippen LogP contribution in [0.4, 0.5) is 4.39 Å². The highest BCUT2D eigenvalue weighted by molar-refractivity contribution is 7.98. The molecule has 98 valence electrons. The first-order valence-electron chi connectivity index (χ1n) is 5.46. The molecule has 0 saturated heterocycles. The van der Waals surface area contributed by atoms with Gasteiger partial charge >= 0.3 is 5.97 Å². The summed E-state index contributed by atoms with van der Waals surface area (Å²) in [5.41, 5.74) is 1.10. The summed E-state index contributed by atoms with van der Waals surface area (Å²) >= 11 is 7.45. The number of hydrogen-bond donors (Lipinski definition) is 1. The van der Waals surface area contributed by atoms with Crippen LogP contribution in [0, 0.1) is 5.82 Å². The van der Waals surface area contributed by atoms with Crippen molar-refractivity contribution < 1.29 is 14.3 Å². The molecule has 0 saturated carbocycles. The van der Waals surface area contributed by atoms with Crippen LogP contribution >= 0.6 is 23.4 Å². The summed E-state index contributed by atoms with van der Waals surface area (Å²) in [6.07, 6.45) is 0. The molecule has 0 atom stereocenters. The van der Waals surface area contributed by atoms with Gasteiger partial charge < -0.3 is 5.11 Å². The van der Waals surface area contributed by atoms with E-state index < -0.39 is 5.97 Å². The number of rotatable bonds is 4. The average molecular weight is 297 g/mol. The fourth-order valence-electron chi connectivity index (χ4n) is 1.49. The largest absolute Gasteiger partial charge is 0.478 e. The van der Waals surface area contributed by atoms with Gasteiger partial charge in [-0.15, -0.1) is 11.8 Å². The number of carboxylic acid groups (broad SMARTS) is 1. The molecule has 1 N–H and O–H groups in total. The van der Waals surface area contributed by atoms with Crippen LogP contribution in [0.2, 0.25) is 5.02 Å². The molecule has 0 aliphatic rings. The molecule has 0 unspecified atom stereocenters. The van der Waals surface area contributed by atoms with Crippen LogP contribution in [0.15, 0.2) is 47.4 Å². The van der Waals surface area contributed by atoms with E-state index in [1.807, 2.05) is 0 Å². The van der Waals surface area contributed by atoms with Crippen molar-refractivity contribution in [1.82, 2.24) is 0 Å². The Morgan fingerprint density at radius 3 is 2.47 bits per heavy atom. The van der Waals surface area contributed by atoms with Gasteiger partial charge in [0.2, 0.25) is 0 Å². The smallest absolute Gasteiger partial charge is 0.335 e. The summed E-state index contributed by atoms with van der Waals surface area (Å²) in [5, 5.41) is 9.18. The molecule has 0 bridgehead atoms. The van der Waals surface area contributed by atoms with Gasteiger partial charge in [-0.25, -0.2) is 9.18 Å². The minimum absolute atomic E-state index is 0.254. The van der Waals surface area contributed by atoms with Crippen molar-refractivity contribution in [2.75, 3.05) is 0 Å². The Kier molecular flexibility index (Phi) is 4.45. The maximum Gasteiger partial charge on any atom is 0.335 e. The van der Waals surface area contributed by atoms with Gasteiger partial charge in [-0.2, -0.15) is 0 Å². The Morgan fingerprint density at radius 1 is 1.21 bits per heavy atom. The zero-order valence-corrected chi connectivity index (χ0v) is 11.3. The molecule has 0 radical (unpaired) electrons. The van der Waals surface area contributed by atoms with Gasteiger partial charge in [-0.05, 0) is 42.0 Å². The highest BCUT2D eigenvalue weighted by atomic mass is 35.5. The molecule has 2 aromatic carbocycles. The van der Waals surface area contributed by atoms with Gasteiger partial charge in [0.25, 0.3) is 0 Å². The van der Waals surface area contributed by atoms with Crippen molar-refractivity contribution in [3.05, 3.63) is 64.4 Å². The number of halogens is 2. The summed E-state index contributed by atoms with van der Waals surface area (Å²) < 4.78 is 12.9. The minimum atomic E-state index is -0.946. The molecule has 0 fully saturated rings. The van der Waals surface area contributed by atoms with Crippen LogP contribution in [-0.4, -0.2) is 11.1 Å². The number of hydrogen-bond acceptors (Lipinski definition) is 2. The molecular formula is C14H10ClFO2S. The Morgan fingerprint density at radius 2 is 1.89 bits per heavy atom. The molecule has 2 rings (SSSR count). The fourth-order valence-corrected chi connectivity index (χ4v) is 2.71. The zero-order chi connectivity index (χ0) is 13.8. The van der Waals surface area contributed by atoms with E-state index >= 15 is 0 Å². The number of carboxylic acids is 1. The summed E-state index contributed by atoms with van der Waals surface area (Å²) in [6, 6.07) is 10.9. The van der Waals surface area contributed by atoms with E-state index in [1.165, 1.54) is 23.9 Å². The molecule has 2 nitrogen and oxygen atoms in total. The Bertz CT molecular complexity index is 599. The van der Waals surface area contributed by atoms with Gasteiger partial charge in [0.1, 0.15) is 5.82 Å². The molecule has 5 heteroatoms. The highest BCUT2D eigenvalue weighted by Gasteiger charge is 2.05. The lowest BCUT2D eigenvalue weighted by Crippen LogP contribution is -1.94. The second-order valence-corrected chi connectivity index (χ2v) is 5.31. The van der Waals surface area contributed by atoms with E-state index in [2.05, 4.69) is 0 Å². The number of benzene rings is 2. The van der Waals surface area contributed by atoms with E-state index in [0.717, 1.165) is 10.5 Å². The number of thioether (sulfide) groups is 1. The molecule has 0 amide bonds. The topological polar surface area (TPSA) is 37.3 Å². The third-order valence-electron chi connectivity index (χ3n) is 2.51. The molecule has 0 aliphatic carbocycles. The molecule has 0 aromatic heterocycles. The zero-order valence-electron chi connectivity index (χ0n) is 9.77. The van der Waals surface area contributed by atoms with Crippen molar-refractivity contribution in [3.63, 3.8) is 0 Å². The van der Waals surface area contributed by atoms with E-state index in [9.17, 15) is 9.18 Å². The number of carbonyl (C=O) groups is 1. The third kappa shape index (κ3) is 3.72. The predicted molar refractivity (Wildman–Crippen MR) is 74.4 cm³/mol. The molecule has 19 heavy (non-hydrogen) atoms. The van der Waals surface area contributed by atoms with E-state index in [0.29, 0.717) is 10.8 Å². The average Bonchev–Trinajstić information content (AvgIpc) is 2.38. The van der Waals surface area contributed by atoms with Crippen molar-refractivity contribution >= 4 is 29.3 Å². The summed E-state index contributed by atoms with van der Waals surface area (Å²) in [5.74, 6) is -0.700. The Hall–Kier alpha value is -1.52. The first-order valence-corrected chi connectivity index (χ1v) is 6.83. The van der Waals surface area contributed by atoms with E-state index in [4.69, 9.17) is 16.7 Å². The lowest BCUT2D eigenvalue weighted by atomic mass is 10.2. The quantitative estimate of drug-likeness (QED) is 0.846. The monoisotopic (exact) mass is 296 g/mol. The van der Waals surface area contributed by atoms with Crippen LogP contribution in [0.5, 0.6) is 0 Å². The second kappa shape index (κ2) is 6.08. The van der Waals surface area contributed by atoms with Crippen LogP contribution < -0.4 is 0 Å².